The molecule has 6 nitrogen and oxygen atoms in total. The molecule has 0 bridgehead atoms. The molecule has 1 heterocycles. The molecule has 1 unspecified atom stereocenters. The maximum absolute atomic E-state index is 5.76. The molecule has 0 aliphatic rings. The minimum absolute atomic E-state index is 0.160. The van der Waals surface area contributed by atoms with Gasteiger partial charge in [-0.25, -0.2) is 0 Å². The molecular formula is C9H16ClN5O. The predicted octanol–water partition coefficient (Wildman–Crippen LogP) is 1.40. The van der Waals surface area contributed by atoms with Gasteiger partial charge in [0.1, 0.15) is 0 Å². The first kappa shape index (κ1) is 12.9. The highest BCUT2D eigenvalue weighted by molar-refractivity contribution is 6.28. The lowest BCUT2D eigenvalue weighted by atomic mass is 10.2. The average molecular weight is 246 g/mol. The van der Waals surface area contributed by atoms with Crippen molar-refractivity contribution in [2.75, 3.05) is 31.4 Å². The molecule has 0 aliphatic heterocycles. The molecule has 0 aromatic carbocycles. The van der Waals surface area contributed by atoms with E-state index < -0.39 is 0 Å². The van der Waals surface area contributed by atoms with Crippen molar-refractivity contribution in [2.24, 2.45) is 0 Å². The van der Waals surface area contributed by atoms with Crippen LogP contribution < -0.4 is 10.6 Å². The summed E-state index contributed by atoms with van der Waals surface area (Å²) in [6.07, 6.45) is 0.909. The van der Waals surface area contributed by atoms with Crippen molar-refractivity contribution in [2.45, 2.75) is 19.4 Å². The van der Waals surface area contributed by atoms with Gasteiger partial charge in [0.2, 0.25) is 17.2 Å². The highest BCUT2D eigenvalue weighted by Crippen LogP contribution is 2.10. The number of halogens is 1. The van der Waals surface area contributed by atoms with Crippen molar-refractivity contribution >= 4 is 23.5 Å². The van der Waals surface area contributed by atoms with E-state index in [0.717, 1.165) is 6.42 Å². The minimum Gasteiger partial charge on any atom is -0.383 e. The summed E-state index contributed by atoms with van der Waals surface area (Å²) < 4.78 is 5.07. The van der Waals surface area contributed by atoms with E-state index in [0.29, 0.717) is 18.5 Å². The standard InChI is InChI=1S/C9H16ClN5O/c1-4-6(5-16-3)12-9-14-7(10)13-8(11-2)15-9/h6H,4-5H2,1-3H3,(H2,11,12,13,14,15). The fourth-order valence-corrected chi connectivity index (χ4v) is 1.33. The second-order valence-corrected chi connectivity index (χ2v) is 3.54. The highest BCUT2D eigenvalue weighted by Gasteiger charge is 2.09. The number of methoxy groups -OCH3 is 1. The van der Waals surface area contributed by atoms with Gasteiger partial charge in [0.05, 0.1) is 12.6 Å². The number of ether oxygens (including phenoxy) is 1. The van der Waals surface area contributed by atoms with Gasteiger partial charge < -0.3 is 15.4 Å². The summed E-state index contributed by atoms with van der Waals surface area (Å²) in [4.78, 5) is 12.0. The molecule has 0 radical (unpaired) electrons. The van der Waals surface area contributed by atoms with Gasteiger partial charge in [-0.2, -0.15) is 15.0 Å². The number of rotatable bonds is 6. The van der Waals surface area contributed by atoms with Gasteiger partial charge in [-0.05, 0) is 18.0 Å². The van der Waals surface area contributed by atoms with Gasteiger partial charge in [0, 0.05) is 14.2 Å². The fraction of sp³-hybridized carbons (Fsp3) is 0.667. The van der Waals surface area contributed by atoms with Crippen molar-refractivity contribution in [3.05, 3.63) is 5.28 Å². The van der Waals surface area contributed by atoms with Crippen LogP contribution in [0.5, 0.6) is 0 Å². The third kappa shape index (κ3) is 3.79. The van der Waals surface area contributed by atoms with Crippen LogP contribution in [0.1, 0.15) is 13.3 Å². The van der Waals surface area contributed by atoms with Crippen LogP contribution in [0.15, 0.2) is 0 Å². The van der Waals surface area contributed by atoms with Crippen LogP contribution >= 0.6 is 11.6 Å². The molecule has 0 saturated carbocycles. The molecular weight excluding hydrogens is 230 g/mol. The first-order valence-electron chi connectivity index (χ1n) is 5.04. The van der Waals surface area contributed by atoms with E-state index in [1.807, 2.05) is 0 Å². The smallest absolute Gasteiger partial charge is 0.229 e. The van der Waals surface area contributed by atoms with Gasteiger partial charge in [0.15, 0.2) is 0 Å². The number of aromatic nitrogens is 3. The molecule has 0 spiro atoms. The van der Waals surface area contributed by atoms with Gasteiger partial charge in [-0.15, -0.1) is 0 Å². The molecule has 1 rings (SSSR count). The quantitative estimate of drug-likeness (QED) is 0.790. The molecule has 16 heavy (non-hydrogen) atoms. The van der Waals surface area contributed by atoms with E-state index in [4.69, 9.17) is 16.3 Å². The number of anilines is 2. The topological polar surface area (TPSA) is 72.0 Å². The van der Waals surface area contributed by atoms with Crippen LogP contribution in [0.4, 0.5) is 11.9 Å². The molecule has 0 saturated heterocycles. The Kier molecular flexibility index (Phi) is 5.21. The molecule has 1 atom stereocenters. The number of hydrogen-bond acceptors (Lipinski definition) is 6. The first-order valence-corrected chi connectivity index (χ1v) is 5.42. The molecule has 1 aromatic rings. The Bertz CT molecular complexity index is 336. The van der Waals surface area contributed by atoms with Gasteiger partial charge in [0.25, 0.3) is 0 Å². The van der Waals surface area contributed by atoms with Crippen LogP contribution in [0.3, 0.4) is 0 Å². The second-order valence-electron chi connectivity index (χ2n) is 3.21. The molecule has 7 heteroatoms. The average Bonchev–Trinajstić information content (AvgIpc) is 2.27. The maximum Gasteiger partial charge on any atom is 0.229 e. The van der Waals surface area contributed by atoms with Crippen LogP contribution in [0.2, 0.25) is 5.28 Å². The lowest BCUT2D eigenvalue weighted by Gasteiger charge is -2.15. The monoisotopic (exact) mass is 245 g/mol. The van der Waals surface area contributed by atoms with Crippen LogP contribution in [-0.4, -0.2) is 41.8 Å². The molecule has 0 fully saturated rings. The Morgan fingerprint density at radius 2 is 2.00 bits per heavy atom. The van der Waals surface area contributed by atoms with Crippen molar-refractivity contribution in [1.82, 2.24) is 15.0 Å². The van der Waals surface area contributed by atoms with E-state index in [9.17, 15) is 0 Å². The summed E-state index contributed by atoms with van der Waals surface area (Å²) in [5, 5.41) is 6.11. The zero-order chi connectivity index (χ0) is 12.0. The van der Waals surface area contributed by atoms with Crippen LogP contribution in [-0.2, 0) is 4.74 Å². The van der Waals surface area contributed by atoms with E-state index in [1.54, 1.807) is 14.2 Å². The zero-order valence-corrected chi connectivity index (χ0v) is 10.4. The Morgan fingerprint density at radius 3 is 2.56 bits per heavy atom. The molecule has 0 amide bonds. The van der Waals surface area contributed by atoms with Crippen molar-refractivity contribution < 1.29 is 4.74 Å². The number of nitrogens with one attached hydrogen (secondary N) is 2. The molecule has 2 N–H and O–H groups in total. The molecule has 0 aliphatic carbocycles. The van der Waals surface area contributed by atoms with Gasteiger partial charge in [-0.3, -0.25) is 0 Å². The normalized spacial score (nSPS) is 12.2. The Labute approximate surface area is 99.8 Å². The molecule has 90 valence electrons. The Morgan fingerprint density at radius 1 is 1.31 bits per heavy atom. The second kappa shape index (κ2) is 6.44. The van der Waals surface area contributed by atoms with Crippen LogP contribution in [0, 0.1) is 0 Å². The fourth-order valence-electron chi connectivity index (χ4n) is 1.17. The maximum atomic E-state index is 5.76. The third-order valence-electron chi connectivity index (χ3n) is 2.03. The summed E-state index contributed by atoms with van der Waals surface area (Å²) in [5.74, 6) is 0.892. The molecule has 1 aromatic heterocycles. The third-order valence-corrected chi connectivity index (χ3v) is 2.19. The van der Waals surface area contributed by atoms with Crippen molar-refractivity contribution in [1.29, 1.82) is 0 Å². The highest BCUT2D eigenvalue weighted by atomic mass is 35.5. The van der Waals surface area contributed by atoms with E-state index >= 15 is 0 Å². The largest absolute Gasteiger partial charge is 0.383 e. The summed E-state index contributed by atoms with van der Waals surface area (Å²) in [5.41, 5.74) is 0. The minimum atomic E-state index is 0.160. The summed E-state index contributed by atoms with van der Waals surface area (Å²) in [6.45, 7) is 2.65. The Balaban J connectivity index is 2.74. The van der Waals surface area contributed by atoms with Crippen molar-refractivity contribution in [3.8, 4) is 0 Å². The number of nitrogens with zero attached hydrogens (tertiary/aromatic N) is 3. The zero-order valence-electron chi connectivity index (χ0n) is 9.62. The predicted molar refractivity (Wildman–Crippen MR) is 64.0 cm³/mol. The van der Waals surface area contributed by atoms with E-state index in [-0.39, 0.29) is 11.3 Å². The lowest BCUT2D eigenvalue weighted by molar-refractivity contribution is 0.184. The van der Waals surface area contributed by atoms with E-state index in [1.165, 1.54) is 0 Å². The van der Waals surface area contributed by atoms with Gasteiger partial charge in [-0.1, -0.05) is 6.92 Å². The summed E-state index contributed by atoms with van der Waals surface area (Å²) >= 11 is 5.76. The lowest BCUT2D eigenvalue weighted by Crippen LogP contribution is -2.25. The van der Waals surface area contributed by atoms with E-state index in [2.05, 4.69) is 32.5 Å². The number of hydrogen-bond donors (Lipinski definition) is 2. The van der Waals surface area contributed by atoms with Crippen LogP contribution in [0.25, 0.3) is 0 Å². The SMILES string of the molecule is CCC(COC)Nc1nc(Cl)nc(NC)n1. The Hall–Kier alpha value is -1.14. The van der Waals surface area contributed by atoms with Gasteiger partial charge >= 0.3 is 0 Å². The summed E-state index contributed by atoms with van der Waals surface area (Å²) in [6, 6.07) is 0.160. The van der Waals surface area contributed by atoms with Crippen molar-refractivity contribution in [3.63, 3.8) is 0 Å². The first-order chi connectivity index (χ1) is 7.69. The summed E-state index contributed by atoms with van der Waals surface area (Å²) in [7, 11) is 3.38.